The van der Waals surface area contributed by atoms with Crippen molar-refractivity contribution in [1.29, 1.82) is 0 Å². The first kappa shape index (κ1) is 19.3. The van der Waals surface area contributed by atoms with Gasteiger partial charge in [0.25, 0.3) is 0 Å². The molecule has 1 aliphatic heterocycles. The molecule has 2 aromatic rings. The number of nitrogens with two attached hydrogens (primary N) is 1. The fraction of sp³-hybridized carbons (Fsp3) is 0.474. The lowest BCUT2D eigenvalue weighted by molar-refractivity contribution is 0.108. The number of nitrogen functional groups attached to an aromatic ring is 1. The minimum Gasteiger partial charge on any atom is -0.491 e. The summed E-state index contributed by atoms with van der Waals surface area (Å²) in [5.41, 5.74) is 7.91. The number of ether oxygens (including phenoxy) is 1. The molecule has 0 aliphatic carbocycles. The fourth-order valence-electron chi connectivity index (χ4n) is 3.05. The summed E-state index contributed by atoms with van der Waals surface area (Å²) in [6.45, 7) is 6.29. The number of piperazine rings is 1. The van der Waals surface area contributed by atoms with Crippen LogP contribution in [-0.2, 0) is 0 Å². The van der Waals surface area contributed by atoms with Crippen LogP contribution in [0.1, 0.15) is 5.56 Å². The van der Waals surface area contributed by atoms with E-state index >= 15 is 0 Å². The highest BCUT2D eigenvalue weighted by Crippen LogP contribution is 2.28. The number of likely N-dealkylation sites (N-methyl/N-ethyl adjacent to an activating group) is 1. The van der Waals surface area contributed by atoms with Gasteiger partial charge < -0.3 is 31.1 Å². The zero-order valence-electron chi connectivity index (χ0n) is 15.9. The van der Waals surface area contributed by atoms with Crippen molar-refractivity contribution in [2.45, 2.75) is 13.0 Å². The van der Waals surface area contributed by atoms with Crippen LogP contribution in [0, 0.1) is 6.92 Å². The molecule has 0 radical (unpaired) electrons. The van der Waals surface area contributed by atoms with E-state index in [4.69, 9.17) is 15.5 Å². The second-order valence-electron chi connectivity index (χ2n) is 6.67. The molecule has 1 unspecified atom stereocenters. The molecule has 2 heterocycles. The molecular formula is C19H28N6O2. The molecule has 146 valence electrons. The van der Waals surface area contributed by atoms with E-state index in [0.717, 1.165) is 43.1 Å². The third-order valence-corrected chi connectivity index (χ3v) is 4.55. The molecule has 8 nitrogen and oxygen atoms in total. The Kier molecular flexibility index (Phi) is 6.44. The second-order valence-corrected chi connectivity index (χ2v) is 6.67. The molecule has 1 atom stereocenters. The normalized spacial score (nSPS) is 15.6. The van der Waals surface area contributed by atoms with E-state index in [-0.39, 0.29) is 6.61 Å². The molecule has 1 fully saturated rings. The van der Waals surface area contributed by atoms with Crippen molar-refractivity contribution < 1.29 is 9.84 Å². The minimum absolute atomic E-state index is 0.215. The molecule has 5 N–H and O–H groups in total. The number of aromatic nitrogens is 2. The first-order valence-corrected chi connectivity index (χ1v) is 9.24. The van der Waals surface area contributed by atoms with Crippen molar-refractivity contribution in [2.75, 3.05) is 57.0 Å². The zero-order valence-corrected chi connectivity index (χ0v) is 15.9. The van der Waals surface area contributed by atoms with E-state index in [1.807, 2.05) is 31.2 Å². The number of hydrogen-bond donors (Lipinski definition) is 4. The summed E-state index contributed by atoms with van der Waals surface area (Å²) in [5, 5.41) is 16.1. The molecule has 1 aromatic heterocycles. The molecule has 0 bridgehead atoms. The van der Waals surface area contributed by atoms with Crippen LogP contribution in [0.5, 0.6) is 5.75 Å². The lowest BCUT2D eigenvalue weighted by Gasteiger charge is -2.30. The van der Waals surface area contributed by atoms with E-state index < -0.39 is 6.10 Å². The predicted molar refractivity (Wildman–Crippen MR) is 107 cm³/mol. The van der Waals surface area contributed by atoms with Crippen molar-refractivity contribution in [3.05, 3.63) is 29.8 Å². The quantitative estimate of drug-likeness (QED) is 0.553. The molecule has 27 heavy (non-hydrogen) atoms. The largest absolute Gasteiger partial charge is 0.491 e. The average molecular weight is 372 g/mol. The minimum atomic E-state index is -0.566. The smallest absolute Gasteiger partial charge is 0.164 e. The van der Waals surface area contributed by atoms with Crippen LogP contribution in [0.4, 0.5) is 11.6 Å². The summed E-state index contributed by atoms with van der Waals surface area (Å²) >= 11 is 0. The summed E-state index contributed by atoms with van der Waals surface area (Å²) in [5.74, 6) is 2.61. The van der Waals surface area contributed by atoms with E-state index in [1.165, 1.54) is 0 Å². The summed E-state index contributed by atoms with van der Waals surface area (Å²) in [6, 6.07) is 7.55. The van der Waals surface area contributed by atoms with Crippen LogP contribution in [0.25, 0.3) is 11.4 Å². The SMILES string of the molecule is CNCC(O)COc1cccc(-c2nc(N)c(C)c(N3CCNCC3)n2)c1. The van der Waals surface area contributed by atoms with Crippen LogP contribution in [0.15, 0.2) is 24.3 Å². The maximum absolute atomic E-state index is 9.81. The highest BCUT2D eigenvalue weighted by molar-refractivity contribution is 5.66. The molecule has 0 spiro atoms. The van der Waals surface area contributed by atoms with Gasteiger partial charge in [0.15, 0.2) is 5.82 Å². The molecule has 0 saturated carbocycles. The Morgan fingerprint density at radius 3 is 2.85 bits per heavy atom. The van der Waals surface area contributed by atoms with Crippen LogP contribution >= 0.6 is 0 Å². The number of benzene rings is 1. The highest BCUT2D eigenvalue weighted by atomic mass is 16.5. The summed E-state index contributed by atoms with van der Waals surface area (Å²) in [6.07, 6.45) is -0.566. The Morgan fingerprint density at radius 1 is 1.33 bits per heavy atom. The van der Waals surface area contributed by atoms with E-state index in [0.29, 0.717) is 23.9 Å². The van der Waals surface area contributed by atoms with Gasteiger partial charge in [0.05, 0.1) is 0 Å². The van der Waals surface area contributed by atoms with Crippen molar-refractivity contribution >= 4 is 11.6 Å². The zero-order chi connectivity index (χ0) is 19.2. The van der Waals surface area contributed by atoms with Crippen molar-refractivity contribution in [3.8, 4) is 17.1 Å². The number of aliphatic hydroxyl groups excluding tert-OH is 1. The first-order chi connectivity index (χ1) is 13.1. The highest BCUT2D eigenvalue weighted by Gasteiger charge is 2.18. The van der Waals surface area contributed by atoms with Gasteiger partial charge >= 0.3 is 0 Å². The van der Waals surface area contributed by atoms with Gasteiger partial charge in [-0.2, -0.15) is 0 Å². The molecule has 1 aromatic carbocycles. The molecular weight excluding hydrogens is 344 g/mol. The molecule has 0 amide bonds. The van der Waals surface area contributed by atoms with Gasteiger partial charge in [-0.1, -0.05) is 12.1 Å². The lowest BCUT2D eigenvalue weighted by Crippen LogP contribution is -2.44. The second kappa shape index (κ2) is 8.98. The standard InChI is InChI=1S/C19H28N6O2/c1-13-17(20)23-18(24-19(13)25-8-6-22-7-9-25)14-4-3-5-16(10-14)27-12-15(26)11-21-2/h3-5,10,15,21-22,26H,6-9,11-12H2,1-2H3,(H2,20,23,24). The van der Waals surface area contributed by atoms with Crippen molar-refractivity contribution in [2.24, 2.45) is 0 Å². The van der Waals surface area contributed by atoms with Gasteiger partial charge in [-0.15, -0.1) is 0 Å². The third kappa shape index (κ3) is 4.85. The number of nitrogens with zero attached hydrogens (tertiary/aromatic N) is 3. The maximum atomic E-state index is 9.81. The van der Waals surface area contributed by atoms with Gasteiger partial charge in [-0.05, 0) is 26.1 Å². The van der Waals surface area contributed by atoms with Gasteiger partial charge in [0, 0.05) is 43.9 Å². The average Bonchev–Trinajstić information content (AvgIpc) is 2.69. The van der Waals surface area contributed by atoms with Crippen LogP contribution in [0.2, 0.25) is 0 Å². The molecule has 3 rings (SSSR count). The van der Waals surface area contributed by atoms with Crippen LogP contribution in [0.3, 0.4) is 0 Å². The van der Waals surface area contributed by atoms with E-state index in [1.54, 1.807) is 7.05 Å². The van der Waals surface area contributed by atoms with Crippen LogP contribution < -0.4 is 26.0 Å². The first-order valence-electron chi connectivity index (χ1n) is 9.24. The molecule has 1 aliphatic rings. The van der Waals surface area contributed by atoms with Gasteiger partial charge in [0.1, 0.15) is 30.1 Å². The number of anilines is 2. The Hall–Kier alpha value is -2.42. The van der Waals surface area contributed by atoms with Crippen molar-refractivity contribution in [3.63, 3.8) is 0 Å². The van der Waals surface area contributed by atoms with Crippen molar-refractivity contribution in [1.82, 2.24) is 20.6 Å². The van der Waals surface area contributed by atoms with E-state index in [9.17, 15) is 5.11 Å². The Bertz CT molecular complexity index is 764. The summed E-state index contributed by atoms with van der Waals surface area (Å²) in [7, 11) is 1.79. The van der Waals surface area contributed by atoms with Crippen LogP contribution in [-0.4, -0.2) is 67.6 Å². The maximum Gasteiger partial charge on any atom is 0.164 e. The molecule has 1 saturated heterocycles. The number of hydrogen-bond acceptors (Lipinski definition) is 8. The third-order valence-electron chi connectivity index (χ3n) is 4.55. The Labute approximate surface area is 159 Å². The summed E-state index contributed by atoms with van der Waals surface area (Å²) in [4.78, 5) is 11.5. The summed E-state index contributed by atoms with van der Waals surface area (Å²) < 4.78 is 5.69. The van der Waals surface area contributed by atoms with Gasteiger partial charge in [-0.25, -0.2) is 9.97 Å². The number of aliphatic hydroxyl groups is 1. The lowest BCUT2D eigenvalue weighted by atomic mass is 10.2. The fourth-order valence-corrected chi connectivity index (χ4v) is 3.05. The Morgan fingerprint density at radius 2 is 2.11 bits per heavy atom. The van der Waals surface area contributed by atoms with E-state index in [2.05, 4.69) is 20.5 Å². The predicted octanol–water partition coefficient (Wildman–Crippen LogP) is 0.403. The monoisotopic (exact) mass is 372 g/mol. The topological polar surface area (TPSA) is 109 Å². The van der Waals surface area contributed by atoms with Gasteiger partial charge in [0.2, 0.25) is 0 Å². The number of rotatable bonds is 7. The molecule has 8 heteroatoms. The number of nitrogens with one attached hydrogen (secondary N) is 2. The van der Waals surface area contributed by atoms with Gasteiger partial charge in [-0.3, -0.25) is 0 Å². The Balaban J connectivity index is 1.83.